The Morgan fingerprint density at radius 2 is 1.93 bits per heavy atom. The van der Waals surface area contributed by atoms with Crippen LogP contribution < -0.4 is 10.6 Å². The van der Waals surface area contributed by atoms with Gasteiger partial charge in [0, 0.05) is 46.6 Å². The van der Waals surface area contributed by atoms with Crippen molar-refractivity contribution in [2.75, 3.05) is 46.6 Å². The van der Waals surface area contributed by atoms with Gasteiger partial charge in [0.25, 0.3) is 0 Å². The Bertz CT molecular complexity index is 635. The maximum Gasteiger partial charge on any atom is 0.411 e. The molecule has 1 aromatic carbocycles. The highest BCUT2D eigenvalue weighted by Crippen LogP contribution is 2.16. The lowest BCUT2D eigenvalue weighted by Gasteiger charge is -2.21. The Morgan fingerprint density at radius 1 is 1.17 bits per heavy atom. The van der Waals surface area contributed by atoms with Crippen molar-refractivity contribution in [2.24, 2.45) is 10.9 Å². The molecule has 6 nitrogen and oxygen atoms in total. The molecule has 1 aliphatic heterocycles. The van der Waals surface area contributed by atoms with E-state index in [1.807, 2.05) is 12.1 Å². The van der Waals surface area contributed by atoms with Crippen LogP contribution in [0.25, 0.3) is 0 Å². The molecule has 0 aliphatic carbocycles. The molecular formula is C21H32F3N3O3. The molecule has 9 heteroatoms. The van der Waals surface area contributed by atoms with Crippen molar-refractivity contribution < 1.29 is 27.4 Å². The van der Waals surface area contributed by atoms with Crippen LogP contribution in [0.5, 0.6) is 0 Å². The first kappa shape index (κ1) is 24.4. The van der Waals surface area contributed by atoms with Gasteiger partial charge in [0.15, 0.2) is 5.96 Å². The van der Waals surface area contributed by atoms with Gasteiger partial charge in [-0.2, -0.15) is 13.2 Å². The molecule has 30 heavy (non-hydrogen) atoms. The van der Waals surface area contributed by atoms with Crippen LogP contribution in [0.3, 0.4) is 0 Å². The van der Waals surface area contributed by atoms with E-state index in [4.69, 9.17) is 14.2 Å². The zero-order chi connectivity index (χ0) is 21.7. The Hall–Kier alpha value is -1.84. The molecule has 170 valence electrons. The fraction of sp³-hybridized carbons (Fsp3) is 0.667. The molecule has 1 aromatic rings. The van der Waals surface area contributed by atoms with E-state index in [0.717, 1.165) is 51.2 Å². The Balaban J connectivity index is 1.59. The lowest BCUT2D eigenvalue weighted by molar-refractivity contribution is -0.176. The van der Waals surface area contributed by atoms with Crippen LogP contribution in [0, 0.1) is 5.92 Å². The summed E-state index contributed by atoms with van der Waals surface area (Å²) in [5.41, 5.74) is 1.63. The van der Waals surface area contributed by atoms with E-state index in [2.05, 4.69) is 15.6 Å². The minimum absolute atomic E-state index is 0.0752. The Morgan fingerprint density at radius 3 is 2.67 bits per heavy atom. The quantitative estimate of drug-likeness (QED) is 0.320. The van der Waals surface area contributed by atoms with Crippen molar-refractivity contribution in [3.63, 3.8) is 0 Å². The van der Waals surface area contributed by atoms with E-state index < -0.39 is 12.8 Å². The van der Waals surface area contributed by atoms with Crippen molar-refractivity contribution >= 4 is 5.96 Å². The summed E-state index contributed by atoms with van der Waals surface area (Å²) < 4.78 is 52.3. The second-order valence-corrected chi connectivity index (χ2v) is 7.26. The van der Waals surface area contributed by atoms with Crippen molar-refractivity contribution in [1.82, 2.24) is 10.6 Å². The van der Waals surface area contributed by atoms with E-state index in [1.54, 1.807) is 19.2 Å². The van der Waals surface area contributed by atoms with Gasteiger partial charge >= 0.3 is 6.18 Å². The third-order valence-corrected chi connectivity index (χ3v) is 4.66. The summed E-state index contributed by atoms with van der Waals surface area (Å²) >= 11 is 0. The third kappa shape index (κ3) is 10.8. The van der Waals surface area contributed by atoms with E-state index in [1.165, 1.54) is 0 Å². The zero-order valence-corrected chi connectivity index (χ0v) is 17.5. The Labute approximate surface area is 176 Å². The van der Waals surface area contributed by atoms with Crippen molar-refractivity contribution in [3.05, 3.63) is 35.4 Å². The number of nitrogens with one attached hydrogen (secondary N) is 2. The molecule has 0 aromatic heterocycles. The minimum Gasteiger partial charge on any atom is -0.381 e. The molecule has 1 aliphatic rings. The van der Waals surface area contributed by atoms with Crippen molar-refractivity contribution in [1.29, 1.82) is 0 Å². The molecule has 0 unspecified atom stereocenters. The van der Waals surface area contributed by atoms with Gasteiger partial charge in [-0.3, -0.25) is 4.99 Å². The highest BCUT2D eigenvalue weighted by molar-refractivity contribution is 5.79. The number of guanidine groups is 1. The van der Waals surface area contributed by atoms with Gasteiger partial charge in [-0.15, -0.1) is 0 Å². The standard InChI is InChI=1S/C21H32F3N3O3/c1-25-20(26-8-3-9-29-14-17-6-10-28-11-7-17)27-13-18-4-2-5-19(12-18)15-30-16-21(22,23)24/h2,4-5,12,17H,3,6-11,13-16H2,1H3,(H2,25,26,27). The van der Waals surface area contributed by atoms with Gasteiger partial charge in [-0.25, -0.2) is 0 Å². The largest absolute Gasteiger partial charge is 0.411 e. The summed E-state index contributed by atoms with van der Waals surface area (Å²) in [5, 5.41) is 6.43. The molecule has 2 rings (SSSR count). The molecule has 1 fully saturated rings. The second-order valence-electron chi connectivity index (χ2n) is 7.26. The molecule has 0 spiro atoms. The van der Waals surface area contributed by atoms with Crippen LogP contribution in [0.4, 0.5) is 13.2 Å². The summed E-state index contributed by atoms with van der Waals surface area (Å²) in [4.78, 5) is 4.18. The molecule has 0 radical (unpaired) electrons. The molecule has 0 amide bonds. The smallest absolute Gasteiger partial charge is 0.381 e. The first-order chi connectivity index (χ1) is 14.5. The van der Waals surface area contributed by atoms with Crippen LogP contribution in [0.1, 0.15) is 30.4 Å². The molecule has 0 saturated carbocycles. The molecule has 2 N–H and O–H groups in total. The zero-order valence-electron chi connectivity index (χ0n) is 17.5. The van der Waals surface area contributed by atoms with Crippen LogP contribution in [-0.2, 0) is 27.4 Å². The number of hydrogen-bond acceptors (Lipinski definition) is 4. The molecular weight excluding hydrogens is 399 g/mol. The number of rotatable bonds is 11. The first-order valence-corrected chi connectivity index (χ1v) is 10.3. The highest BCUT2D eigenvalue weighted by Gasteiger charge is 2.27. The maximum absolute atomic E-state index is 12.2. The number of benzene rings is 1. The van der Waals surface area contributed by atoms with E-state index >= 15 is 0 Å². The fourth-order valence-corrected chi connectivity index (χ4v) is 3.06. The Kier molecular flexibility index (Phi) is 11.0. The van der Waals surface area contributed by atoms with Crippen LogP contribution in [0.15, 0.2) is 29.3 Å². The van der Waals surface area contributed by atoms with Crippen molar-refractivity contribution in [2.45, 2.75) is 38.6 Å². The SMILES string of the molecule is CN=C(NCCCOCC1CCOCC1)NCc1cccc(COCC(F)(F)F)c1. The number of alkyl halides is 3. The number of aliphatic imine (C=N–C) groups is 1. The number of halogens is 3. The van der Waals surface area contributed by atoms with Gasteiger partial charge in [-0.05, 0) is 36.3 Å². The van der Waals surface area contributed by atoms with Crippen LogP contribution in [0.2, 0.25) is 0 Å². The first-order valence-electron chi connectivity index (χ1n) is 10.3. The third-order valence-electron chi connectivity index (χ3n) is 4.66. The molecule has 1 heterocycles. The predicted molar refractivity (Wildman–Crippen MR) is 109 cm³/mol. The van der Waals surface area contributed by atoms with Crippen LogP contribution >= 0.6 is 0 Å². The fourth-order valence-electron chi connectivity index (χ4n) is 3.06. The van der Waals surface area contributed by atoms with E-state index in [-0.39, 0.29) is 6.61 Å². The minimum atomic E-state index is -4.31. The predicted octanol–water partition coefficient (Wildman–Crippen LogP) is 3.26. The summed E-state index contributed by atoms with van der Waals surface area (Å²) in [6, 6.07) is 7.26. The summed E-state index contributed by atoms with van der Waals surface area (Å²) in [7, 11) is 1.69. The normalized spacial score (nSPS) is 15.9. The highest BCUT2D eigenvalue weighted by atomic mass is 19.4. The monoisotopic (exact) mass is 431 g/mol. The van der Waals surface area contributed by atoms with E-state index in [0.29, 0.717) is 30.6 Å². The lowest BCUT2D eigenvalue weighted by atomic mass is 10.0. The van der Waals surface area contributed by atoms with Gasteiger partial charge in [0.1, 0.15) is 6.61 Å². The molecule has 1 saturated heterocycles. The second kappa shape index (κ2) is 13.5. The maximum atomic E-state index is 12.2. The number of nitrogens with zero attached hydrogens (tertiary/aromatic N) is 1. The molecule has 0 atom stereocenters. The summed E-state index contributed by atoms with van der Waals surface area (Å²) in [6.07, 6.45) is -1.29. The van der Waals surface area contributed by atoms with Crippen LogP contribution in [-0.4, -0.2) is 58.8 Å². The summed E-state index contributed by atoms with van der Waals surface area (Å²) in [6.45, 7) is 3.08. The average Bonchev–Trinajstić information content (AvgIpc) is 2.73. The average molecular weight is 431 g/mol. The lowest BCUT2D eigenvalue weighted by Crippen LogP contribution is -2.37. The number of hydrogen-bond donors (Lipinski definition) is 2. The van der Waals surface area contributed by atoms with Gasteiger partial charge in [0.2, 0.25) is 0 Å². The topological polar surface area (TPSA) is 64.1 Å². The van der Waals surface area contributed by atoms with Gasteiger partial charge in [0.05, 0.1) is 6.61 Å². The number of ether oxygens (including phenoxy) is 3. The van der Waals surface area contributed by atoms with Gasteiger partial charge < -0.3 is 24.8 Å². The van der Waals surface area contributed by atoms with Gasteiger partial charge in [-0.1, -0.05) is 24.3 Å². The summed E-state index contributed by atoms with van der Waals surface area (Å²) in [5.74, 6) is 1.27. The molecule has 0 bridgehead atoms. The van der Waals surface area contributed by atoms with Crippen molar-refractivity contribution in [3.8, 4) is 0 Å². The van der Waals surface area contributed by atoms with E-state index in [9.17, 15) is 13.2 Å².